The van der Waals surface area contributed by atoms with Crippen molar-refractivity contribution >= 4 is 28.8 Å². The van der Waals surface area contributed by atoms with Crippen molar-refractivity contribution in [3.8, 4) is 0 Å². The number of carbonyl (C=O) groups excluding carboxylic acids is 1. The van der Waals surface area contributed by atoms with Gasteiger partial charge in [0.1, 0.15) is 0 Å². The normalized spacial score (nSPS) is 18.0. The van der Waals surface area contributed by atoms with Crippen LogP contribution < -0.4 is 5.32 Å². The molecule has 1 aromatic carbocycles. The Balaban J connectivity index is 1.54. The van der Waals surface area contributed by atoms with E-state index in [1.54, 1.807) is 0 Å². The van der Waals surface area contributed by atoms with Crippen molar-refractivity contribution in [2.24, 2.45) is 0 Å². The second kappa shape index (κ2) is 6.82. The molecule has 1 N–H and O–H groups in total. The highest BCUT2D eigenvalue weighted by Gasteiger charge is 2.25. The van der Waals surface area contributed by atoms with Crippen molar-refractivity contribution in [3.63, 3.8) is 0 Å². The lowest BCUT2D eigenvalue weighted by molar-refractivity contribution is -0.123. The molecule has 1 atom stereocenters. The number of halogens is 1. The van der Waals surface area contributed by atoms with E-state index >= 15 is 0 Å². The number of carbonyl (C=O) groups is 1. The van der Waals surface area contributed by atoms with Crippen LogP contribution in [-0.4, -0.2) is 23.9 Å². The molecule has 2 aromatic rings. The molecular weight excluding hydrogens is 316 g/mol. The summed E-state index contributed by atoms with van der Waals surface area (Å²) in [7, 11) is 0. The Morgan fingerprint density at radius 1 is 1.45 bits per heavy atom. The van der Waals surface area contributed by atoms with Crippen LogP contribution in [0, 0.1) is 0 Å². The van der Waals surface area contributed by atoms with Crippen LogP contribution in [0.15, 0.2) is 35.7 Å². The highest BCUT2D eigenvalue weighted by Crippen LogP contribution is 2.32. The fourth-order valence-corrected chi connectivity index (χ4v) is 4.04. The van der Waals surface area contributed by atoms with Gasteiger partial charge in [0.15, 0.2) is 0 Å². The molecule has 0 saturated carbocycles. The van der Waals surface area contributed by atoms with E-state index in [0.717, 1.165) is 18.5 Å². The van der Waals surface area contributed by atoms with Crippen molar-refractivity contribution in [1.82, 2.24) is 10.2 Å². The van der Waals surface area contributed by atoms with Gasteiger partial charge in [0, 0.05) is 29.0 Å². The third-order valence-corrected chi connectivity index (χ3v) is 5.36. The molecule has 0 radical (unpaired) electrons. The summed E-state index contributed by atoms with van der Waals surface area (Å²) in [6.07, 6.45) is 1.04. The number of amides is 1. The fraction of sp³-hybridized carbons (Fsp3) is 0.353. The van der Waals surface area contributed by atoms with Crippen molar-refractivity contribution in [1.29, 1.82) is 0 Å². The number of rotatable bonds is 4. The molecule has 0 saturated heterocycles. The number of hydrogen-bond acceptors (Lipinski definition) is 3. The largest absolute Gasteiger partial charge is 0.351 e. The van der Waals surface area contributed by atoms with Crippen LogP contribution in [-0.2, 0) is 17.8 Å². The summed E-state index contributed by atoms with van der Waals surface area (Å²) in [5.41, 5.74) is 2.39. The van der Waals surface area contributed by atoms with Crippen LogP contribution in [0.5, 0.6) is 0 Å². The van der Waals surface area contributed by atoms with E-state index in [0.29, 0.717) is 24.2 Å². The number of fused-ring (bicyclic) bond motifs is 1. The summed E-state index contributed by atoms with van der Waals surface area (Å²) in [5.74, 6) is 0.0607. The molecule has 3 nitrogen and oxygen atoms in total. The van der Waals surface area contributed by atoms with Gasteiger partial charge < -0.3 is 5.32 Å². The highest BCUT2D eigenvalue weighted by molar-refractivity contribution is 7.10. The Hall–Kier alpha value is -1.36. The maximum atomic E-state index is 12.2. The minimum Gasteiger partial charge on any atom is -0.351 e. The van der Waals surface area contributed by atoms with Crippen molar-refractivity contribution in [2.75, 3.05) is 13.1 Å². The molecule has 1 aliphatic rings. The molecule has 0 fully saturated rings. The van der Waals surface area contributed by atoms with Gasteiger partial charge in [-0.1, -0.05) is 23.7 Å². The molecule has 0 bridgehead atoms. The first-order valence-corrected chi connectivity index (χ1v) is 8.70. The van der Waals surface area contributed by atoms with E-state index in [4.69, 9.17) is 11.6 Å². The average molecular weight is 335 g/mol. The van der Waals surface area contributed by atoms with E-state index in [1.165, 1.54) is 10.4 Å². The van der Waals surface area contributed by atoms with Gasteiger partial charge in [-0.3, -0.25) is 9.69 Å². The second-order valence-electron chi connectivity index (χ2n) is 5.60. The Morgan fingerprint density at radius 2 is 2.32 bits per heavy atom. The van der Waals surface area contributed by atoms with E-state index in [2.05, 4.69) is 28.6 Å². The quantitative estimate of drug-likeness (QED) is 0.925. The zero-order valence-electron chi connectivity index (χ0n) is 12.5. The van der Waals surface area contributed by atoms with Crippen LogP contribution in [0.2, 0.25) is 5.02 Å². The highest BCUT2D eigenvalue weighted by atomic mass is 35.5. The minimum absolute atomic E-state index is 0.0607. The molecule has 5 heteroatoms. The lowest BCUT2D eigenvalue weighted by Crippen LogP contribution is -2.41. The summed E-state index contributed by atoms with van der Waals surface area (Å²) >= 11 is 7.77. The van der Waals surface area contributed by atoms with Crippen molar-refractivity contribution in [2.45, 2.75) is 25.9 Å². The molecule has 116 valence electrons. The molecule has 0 aliphatic carbocycles. The summed E-state index contributed by atoms with van der Waals surface area (Å²) in [6.45, 7) is 4.08. The lowest BCUT2D eigenvalue weighted by Gasteiger charge is -2.32. The first kappa shape index (κ1) is 15.5. The van der Waals surface area contributed by atoms with E-state index < -0.39 is 0 Å². The number of thiophene rings is 1. The summed E-state index contributed by atoms with van der Waals surface area (Å²) in [6, 6.07) is 10.1. The maximum absolute atomic E-state index is 12.2. The van der Waals surface area contributed by atoms with Crippen molar-refractivity contribution in [3.05, 3.63) is 56.7 Å². The van der Waals surface area contributed by atoms with E-state index in [-0.39, 0.29) is 5.91 Å². The van der Waals surface area contributed by atoms with E-state index in [1.807, 2.05) is 35.6 Å². The standard InChI is InChI=1S/C17H19ClN2OS/c1-12-15-6-8-22-16(15)5-7-20(12)11-17(21)19-10-13-3-2-4-14(18)9-13/h2-4,6,8-9,12H,5,7,10-11H2,1H3,(H,19,21)/t12-/m1/s1. The zero-order chi connectivity index (χ0) is 15.5. The Kier molecular flexibility index (Phi) is 4.81. The average Bonchev–Trinajstić information content (AvgIpc) is 2.98. The van der Waals surface area contributed by atoms with Gasteiger partial charge in [0.25, 0.3) is 0 Å². The first-order chi connectivity index (χ1) is 10.6. The maximum Gasteiger partial charge on any atom is 0.234 e. The van der Waals surface area contributed by atoms with Gasteiger partial charge >= 0.3 is 0 Å². The van der Waals surface area contributed by atoms with Gasteiger partial charge in [0.05, 0.1) is 6.54 Å². The number of benzene rings is 1. The second-order valence-corrected chi connectivity index (χ2v) is 7.04. The van der Waals surface area contributed by atoms with Gasteiger partial charge in [-0.15, -0.1) is 11.3 Å². The molecule has 22 heavy (non-hydrogen) atoms. The van der Waals surface area contributed by atoms with Crippen molar-refractivity contribution < 1.29 is 4.79 Å². The predicted molar refractivity (Wildman–Crippen MR) is 91.3 cm³/mol. The van der Waals surface area contributed by atoms with Crippen LogP contribution in [0.1, 0.15) is 29.0 Å². The third-order valence-electron chi connectivity index (χ3n) is 4.13. The van der Waals surface area contributed by atoms with Crippen LogP contribution in [0.25, 0.3) is 0 Å². The predicted octanol–water partition coefficient (Wildman–Crippen LogP) is 3.64. The molecule has 1 amide bonds. The van der Waals surface area contributed by atoms with Gasteiger partial charge in [-0.2, -0.15) is 0 Å². The lowest BCUT2D eigenvalue weighted by atomic mass is 10.0. The summed E-state index contributed by atoms with van der Waals surface area (Å²) in [4.78, 5) is 15.9. The topological polar surface area (TPSA) is 32.3 Å². The fourth-order valence-electron chi connectivity index (χ4n) is 2.87. The van der Waals surface area contributed by atoms with Gasteiger partial charge in [-0.25, -0.2) is 0 Å². The molecule has 1 aliphatic heterocycles. The molecular formula is C17H19ClN2OS. The summed E-state index contributed by atoms with van der Waals surface area (Å²) in [5, 5.41) is 5.81. The van der Waals surface area contributed by atoms with Gasteiger partial charge in [-0.05, 0) is 48.1 Å². The number of nitrogens with one attached hydrogen (secondary N) is 1. The number of nitrogens with zero attached hydrogens (tertiary/aromatic N) is 1. The first-order valence-electron chi connectivity index (χ1n) is 7.45. The van der Waals surface area contributed by atoms with Gasteiger partial charge in [0.2, 0.25) is 5.91 Å². The molecule has 3 rings (SSSR count). The summed E-state index contributed by atoms with van der Waals surface area (Å²) < 4.78 is 0. The molecule has 0 spiro atoms. The number of hydrogen-bond donors (Lipinski definition) is 1. The SMILES string of the molecule is C[C@@H]1c2ccsc2CCN1CC(=O)NCc1cccc(Cl)c1. The molecule has 2 heterocycles. The molecule has 0 unspecified atom stereocenters. The monoisotopic (exact) mass is 334 g/mol. The van der Waals surface area contributed by atoms with E-state index in [9.17, 15) is 4.79 Å². The van der Waals surface area contributed by atoms with Crippen LogP contribution >= 0.6 is 22.9 Å². The smallest absolute Gasteiger partial charge is 0.234 e. The Bertz CT molecular complexity index is 670. The van der Waals surface area contributed by atoms with Crippen LogP contribution in [0.4, 0.5) is 0 Å². The minimum atomic E-state index is 0.0607. The molecule has 1 aromatic heterocycles. The third kappa shape index (κ3) is 3.51. The zero-order valence-corrected chi connectivity index (χ0v) is 14.1. The Morgan fingerprint density at radius 3 is 3.14 bits per heavy atom. The Labute approximate surface area is 139 Å². The van der Waals surface area contributed by atoms with Crippen LogP contribution in [0.3, 0.4) is 0 Å².